The van der Waals surface area contributed by atoms with E-state index >= 15 is 0 Å². The van der Waals surface area contributed by atoms with Crippen molar-refractivity contribution in [2.45, 2.75) is 6.04 Å². The highest BCUT2D eigenvalue weighted by molar-refractivity contribution is 6.30. The van der Waals surface area contributed by atoms with Gasteiger partial charge < -0.3 is 10.6 Å². The molecule has 0 radical (unpaired) electrons. The number of anilines is 2. The molecule has 0 amide bonds. The van der Waals surface area contributed by atoms with Crippen molar-refractivity contribution in [1.29, 1.82) is 0 Å². The van der Waals surface area contributed by atoms with Crippen LogP contribution in [0.2, 0.25) is 5.02 Å². The van der Waals surface area contributed by atoms with Crippen molar-refractivity contribution in [3.63, 3.8) is 0 Å². The molecule has 0 aliphatic carbocycles. The van der Waals surface area contributed by atoms with Gasteiger partial charge in [-0.1, -0.05) is 54.1 Å². The molecule has 1 saturated heterocycles. The number of benzene rings is 2. The molecular weight excluding hydrogens is 362 g/mol. The molecular formula is C21H20ClN3O2. The Morgan fingerprint density at radius 2 is 1.41 bits per heavy atom. The maximum atomic E-state index is 11.8. The van der Waals surface area contributed by atoms with Gasteiger partial charge in [0.25, 0.3) is 10.9 Å². The first-order valence-electron chi connectivity index (χ1n) is 8.94. The molecule has 6 heteroatoms. The zero-order chi connectivity index (χ0) is 19.0. The van der Waals surface area contributed by atoms with Crippen LogP contribution in [0.5, 0.6) is 0 Å². The summed E-state index contributed by atoms with van der Waals surface area (Å²) < 4.78 is 0. The minimum atomic E-state index is -0.559. The summed E-state index contributed by atoms with van der Waals surface area (Å²) in [5.74, 6) is 0. The Hall–Kier alpha value is -2.63. The van der Waals surface area contributed by atoms with Crippen molar-refractivity contribution in [3.8, 4) is 0 Å². The maximum absolute atomic E-state index is 11.8. The summed E-state index contributed by atoms with van der Waals surface area (Å²) in [6.45, 7) is 2.85. The second kappa shape index (κ2) is 7.18. The van der Waals surface area contributed by atoms with Gasteiger partial charge in [0.05, 0.1) is 6.04 Å². The van der Waals surface area contributed by atoms with Crippen LogP contribution >= 0.6 is 11.6 Å². The van der Waals surface area contributed by atoms with Gasteiger partial charge >= 0.3 is 0 Å². The molecule has 1 heterocycles. The Morgan fingerprint density at radius 3 is 2.00 bits per heavy atom. The fourth-order valence-electron chi connectivity index (χ4n) is 3.81. The Morgan fingerprint density at radius 1 is 0.815 bits per heavy atom. The number of nitrogens with zero attached hydrogens (tertiary/aromatic N) is 2. The lowest BCUT2D eigenvalue weighted by molar-refractivity contribution is 0.212. The number of nitrogen functional groups attached to an aromatic ring is 1. The Balaban J connectivity index is 1.58. The fraction of sp³-hybridized carbons (Fsp3) is 0.238. The molecule has 0 saturated carbocycles. The molecule has 0 bridgehead atoms. The van der Waals surface area contributed by atoms with Crippen molar-refractivity contribution >= 4 is 23.0 Å². The molecule has 3 aromatic rings. The highest BCUT2D eigenvalue weighted by atomic mass is 35.5. The van der Waals surface area contributed by atoms with Crippen LogP contribution in [0.15, 0.2) is 64.2 Å². The standard InChI is InChI=1S/C21H20ClN3O2/c22-16-8-6-15(7-9-16)18(14-4-2-1-3-5-14)24-10-12-25(13-11-24)19-17(23)20(26)21(19)27/h1-9,18H,10-13,23H2. The van der Waals surface area contributed by atoms with Gasteiger partial charge in [-0.2, -0.15) is 0 Å². The van der Waals surface area contributed by atoms with E-state index in [1.54, 1.807) is 0 Å². The smallest absolute Gasteiger partial charge is 0.253 e. The molecule has 0 aromatic heterocycles. The molecule has 5 nitrogen and oxygen atoms in total. The van der Waals surface area contributed by atoms with Crippen LogP contribution in [0.1, 0.15) is 17.2 Å². The minimum Gasteiger partial charge on any atom is -0.394 e. The second-order valence-corrected chi connectivity index (χ2v) is 7.24. The van der Waals surface area contributed by atoms with Crippen LogP contribution in [-0.2, 0) is 0 Å². The van der Waals surface area contributed by atoms with E-state index in [0.717, 1.165) is 13.1 Å². The number of nitrogens with two attached hydrogens (primary N) is 1. The van der Waals surface area contributed by atoms with Gasteiger partial charge in [0, 0.05) is 31.2 Å². The summed E-state index contributed by atoms with van der Waals surface area (Å²) in [6, 6.07) is 18.4. The molecule has 1 fully saturated rings. The van der Waals surface area contributed by atoms with E-state index in [0.29, 0.717) is 23.8 Å². The van der Waals surface area contributed by atoms with Crippen LogP contribution in [-0.4, -0.2) is 31.1 Å². The van der Waals surface area contributed by atoms with Gasteiger partial charge in [-0.25, -0.2) is 0 Å². The number of hydrogen-bond acceptors (Lipinski definition) is 5. The van der Waals surface area contributed by atoms with Crippen molar-refractivity contribution in [3.05, 3.63) is 91.2 Å². The largest absolute Gasteiger partial charge is 0.394 e. The van der Waals surface area contributed by atoms with Crippen molar-refractivity contribution in [1.82, 2.24) is 4.90 Å². The monoisotopic (exact) mass is 381 g/mol. The third-order valence-corrected chi connectivity index (χ3v) is 5.47. The molecule has 1 aliphatic rings. The van der Waals surface area contributed by atoms with Gasteiger partial charge in [0.15, 0.2) is 0 Å². The molecule has 4 rings (SSSR count). The van der Waals surface area contributed by atoms with Crippen LogP contribution in [0.3, 0.4) is 0 Å². The van der Waals surface area contributed by atoms with Crippen LogP contribution in [0.4, 0.5) is 11.4 Å². The Labute approximate surface area is 162 Å². The molecule has 3 aromatic carbocycles. The van der Waals surface area contributed by atoms with E-state index in [-0.39, 0.29) is 11.7 Å². The zero-order valence-corrected chi connectivity index (χ0v) is 15.5. The molecule has 1 aliphatic heterocycles. The lowest BCUT2D eigenvalue weighted by Crippen LogP contribution is -2.52. The van der Waals surface area contributed by atoms with Gasteiger partial charge in [-0.15, -0.1) is 0 Å². The maximum Gasteiger partial charge on any atom is 0.253 e. The Kier molecular flexibility index (Phi) is 4.72. The SMILES string of the molecule is Nc1c(N2CCN(C(c3ccccc3)c3ccc(Cl)cc3)CC2)c(=O)c1=O. The predicted molar refractivity (Wildman–Crippen MR) is 109 cm³/mol. The van der Waals surface area contributed by atoms with E-state index in [2.05, 4.69) is 29.2 Å². The molecule has 138 valence electrons. The normalized spacial score (nSPS) is 16.6. The van der Waals surface area contributed by atoms with E-state index in [9.17, 15) is 9.59 Å². The number of halogens is 1. The molecule has 1 unspecified atom stereocenters. The number of rotatable bonds is 4. The van der Waals surface area contributed by atoms with Gasteiger partial charge in [0.2, 0.25) is 0 Å². The van der Waals surface area contributed by atoms with E-state index in [1.807, 2.05) is 35.2 Å². The van der Waals surface area contributed by atoms with Crippen molar-refractivity contribution in [2.75, 3.05) is 36.8 Å². The summed E-state index contributed by atoms with van der Waals surface area (Å²) in [7, 11) is 0. The summed E-state index contributed by atoms with van der Waals surface area (Å²) >= 11 is 6.07. The highest BCUT2D eigenvalue weighted by Gasteiger charge is 2.30. The summed E-state index contributed by atoms with van der Waals surface area (Å²) in [4.78, 5) is 27.5. The molecule has 0 spiro atoms. The Bertz CT molecular complexity index is 1000. The quantitative estimate of drug-likeness (QED) is 0.703. The second-order valence-electron chi connectivity index (χ2n) is 6.81. The van der Waals surface area contributed by atoms with Crippen molar-refractivity contribution < 1.29 is 0 Å². The third-order valence-electron chi connectivity index (χ3n) is 5.22. The average molecular weight is 382 g/mol. The zero-order valence-electron chi connectivity index (χ0n) is 14.8. The minimum absolute atomic E-state index is 0.103. The average Bonchev–Trinajstić information content (AvgIpc) is 2.71. The van der Waals surface area contributed by atoms with E-state index < -0.39 is 10.9 Å². The predicted octanol–water partition coefficient (Wildman–Crippen LogP) is 2.43. The lowest BCUT2D eigenvalue weighted by Gasteiger charge is -2.41. The van der Waals surface area contributed by atoms with E-state index in [1.165, 1.54) is 11.1 Å². The summed E-state index contributed by atoms with van der Waals surface area (Å²) in [6.07, 6.45) is 0. The van der Waals surface area contributed by atoms with Gasteiger partial charge in [-0.05, 0) is 23.3 Å². The van der Waals surface area contributed by atoms with Crippen molar-refractivity contribution in [2.24, 2.45) is 0 Å². The molecule has 1 atom stereocenters. The summed E-state index contributed by atoms with van der Waals surface area (Å²) in [5, 5.41) is 0.714. The molecule has 27 heavy (non-hydrogen) atoms. The topological polar surface area (TPSA) is 66.6 Å². The van der Waals surface area contributed by atoms with Crippen LogP contribution < -0.4 is 21.5 Å². The van der Waals surface area contributed by atoms with Gasteiger partial charge in [0.1, 0.15) is 11.4 Å². The number of piperazine rings is 1. The van der Waals surface area contributed by atoms with Gasteiger partial charge in [-0.3, -0.25) is 14.5 Å². The first-order valence-corrected chi connectivity index (χ1v) is 9.32. The third kappa shape index (κ3) is 3.24. The molecule has 2 N–H and O–H groups in total. The highest BCUT2D eigenvalue weighted by Crippen LogP contribution is 2.31. The fourth-order valence-corrected chi connectivity index (χ4v) is 3.94. The lowest BCUT2D eigenvalue weighted by atomic mass is 9.96. The van der Waals surface area contributed by atoms with Crippen LogP contribution in [0.25, 0.3) is 0 Å². The summed E-state index contributed by atoms with van der Waals surface area (Å²) in [5.41, 5.74) is 7.58. The first kappa shape index (κ1) is 17.8. The van der Waals surface area contributed by atoms with Crippen LogP contribution in [0, 0.1) is 0 Å². The first-order chi connectivity index (χ1) is 13.1. The number of hydrogen-bond donors (Lipinski definition) is 1. The van der Waals surface area contributed by atoms with E-state index in [4.69, 9.17) is 17.3 Å².